The van der Waals surface area contributed by atoms with E-state index < -0.39 is 5.60 Å². The molecule has 1 amide bonds. The summed E-state index contributed by atoms with van der Waals surface area (Å²) in [5, 5.41) is 3.47. The van der Waals surface area contributed by atoms with Gasteiger partial charge in [-0.05, 0) is 59.1 Å². The Morgan fingerprint density at radius 1 is 1.26 bits per heavy atom. The van der Waals surface area contributed by atoms with Crippen molar-refractivity contribution in [2.24, 2.45) is 0 Å². The summed E-state index contributed by atoms with van der Waals surface area (Å²) < 4.78 is 5.56. The monoisotopic (exact) mass is 318 g/mol. The summed E-state index contributed by atoms with van der Waals surface area (Å²) in [6.45, 7) is 9.65. The van der Waals surface area contributed by atoms with Gasteiger partial charge in [-0.2, -0.15) is 0 Å². The smallest absolute Gasteiger partial charge is 0.410 e. The van der Waals surface area contributed by atoms with Crippen LogP contribution in [0.3, 0.4) is 0 Å². The van der Waals surface area contributed by atoms with Gasteiger partial charge in [-0.25, -0.2) is 4.79 Å². The van der Waals surface area contributed by atoms with Crippen LogP contribution in [0.4, 0.5) is 4.79 Å². The minimum absolute atomic E-state index is 0.171. The van der Waals surface area contributed by atoms with Crippen LogP contribution in [-0.2, 0) is 11.3 Å². The van der Waals surface area contributed by atoms with Gasteiger partial charge in [0.05, 0.1) is 0 Å². The first-order valence-corrected chi connectivity index (χ1v) is 8.63. The van der Waals surface area contributed by atoms with Crippen molar-refractivity contribution in [1.29, 1.82) is 0 Å². The Morgan fingerprint density at radius 2 is 1.96 bits per heavy atom. The van der Waals surface area contributed by atoms with E-state index in [0.717, 1.165) is 32.4 Å². The highest BCUT2D eigenvalue weighted by Gasteiger charge is 2.36. The highest BCUT2D eigenvalue weighted by Crippen LogP contribution is 2.28. The van der Waals surface area contributed by atoms with Crippen molar-refractivity contribution in [2.45, 2.75) is 71.2 Å². The normalized spacial score (nSPS) is 21.5. The van der Waals surface area contributed by atoms with Crippen LogP contribution in [0.15, 0.2) is 30.3 Å². The van der Waals surface area contributed by atoms with Crippen molar-refractivity contribution in [3.63, 3.8) is 0 Å². The molecule has 1 fully saturated rings. The van der Waals surface area contributed by atoms with Gasteiger partial charge in [0.1, 0.15) is 5.60 Å². The molecule has 4 heteroatoms. The highest BCUT2D eigenvalue weighted by atomic mass is 16.6. The van der Waals surface area contributed by atoms with Crippen molar-refractivity contribution in [3.8, 4) is 0 Å². The minimum Gasteiger partial charge on any atom is -0.444 e. The molecule has 4 nitrogen and oxygen atoms in total. The molecule has 1 aliphatic heterocycles. The van der Waals surface area contributed by atoms with Crippen LogP contribution >= 0.6 is 0 Å². The molecule has 0 aromatic heterocycles. The number of benzene rings is 1. The number of likely N-dealkylation sites (tertiary alicyclic amines) is 1. The summed E-state index contributed by atoms with van der Waals surface area (Å²) in [5.74, 6) is 0. The van der Waals surface area contributed by atoms with E-state index in [1.54, 1.807) is 0 Å². The van der Waals surface area contributed by atoms with E-state index in [-0.39, 0.29) is 18.2 Å². The van der Waals surface area contributed by atoms with Crippen LogP contribution in [0.5, 0.6) is 0 Å². The molecule has 1 N–H and O–H groups in total. The average molecular weight is 318 g/mol. The summed E-state index contributed by atoms with van der Waals surface area (Å²) in [4.78, 5) is 14.4. The number of rotatable bonds is 5. The van der Waals surface area contributed by atoms with E-state index in [4.69, 9.17) is 4.74 Å². The van der Waals surface area contributed by atoms with Gasteiger partial charge in [-0.1, -0.05) is 30.3 Å². The van der Waals surface area contributed by atoms with Gasteiger partial charge in [0.2, 0.25) is 0 Å². The first-order chi connectivity index (χ1) is 10.9. The Morgan fingerprint density at radius 3 is 2.61 bits per heavy atom. The van der Waals surface area contributed by atoms with E-state index in [9.17, 15) is 4.79 Å². The van der Waals surface area contributed by atoms with E-state index >= 15 is 0 Å². The van der Waals surface area contributed by atoms with Gasteiger partial charge in [-0.3, -0.25) is 0 Å². The maximum Gasteiger partial charge on any atom is 0.410 e. The molecule has 1 aromatic rings. The Bertz CT molecular complexity index is 496. The molecule has 2 atom stereocenters. The summed E-state index contributed by atoms with van der Waals surface area (Å²) >= 11 is 0. The van der Waals surface area contributed by atoms with Gasteiger partial charge in [0.15, 0.2) is 0 Å². The number of hydrogen-bond donors (Lipinski definition) is 1. The maximum absolute atomic E-state index is 12.4. The molecule has 2 unspecified atom stereocenters. The van der Waals surface area contributed by atoms with Gasteiger partial charge in [-0.15, -0.1) is 0 Å². The van der Waals surface area contributed by atoms with Gasteiger partial charge in [0, 0.05) is 18.6 Å². The fourth-order valence-corrected chi connectivity index (χ4v) is 3.10. The van der Waals surface area contributed by atoms with E-state index in [0.29, 0.717) is 0 Å². The topological polar surface area (TPSA) is 41.6 Å². The Labute approximate surface area is 140 Å². The quantitative estimate of drug-likeness (QED) is 0.836. The summed E-state index contributed by atoms with van der Waals surface area (Å²) in [7, 11) is 0. The fourth-order valence-electron chi connectivity index (χ4n) is 3.10. The van der Waals surface area contributed by atoms with Gasteiger partial charge >= 0.3 is 6.09 Å². The summed E-state index contributed by atoms with van der Waals surface area (Å²) in [5.41, 5.74) is 0.853. The standard InChI is InChI=1S/C19H30N2O2/c1-15-10-11-17(21(15)18(22)23-19(2,3)4)12-13-20-14-16-8-6-5-7-9-16/h5-9,15,17,20H,10-14H2,1-4H3. The van der Waals surface area contributed by atoms with Crippen LogP contribution in [-0.4, -0.2) is 35.2 Å². The molecule has 0 radical (unpaired) electrons. The fraction of sp³-hybridized carbons (Fsp3) is 0.632. The van der Waals surface area contributed by atoms with Crippen LogP contribution < -0.4 is 5.32 Å². The van der Waals surface area contributed by atoms with Crippen LogP contribution in [0.2, 0.25) is 0 Å². The molecule has 0 aliphatic carbocycles. The van der Waals surface area contributed by atoms with Gasteiger partial charge < -0.3 is 15.0 Å². The molecular formula is C19H30N2O2. The van der Waals surface area contributed by atoms with Crippen molar-refractivity contribution < 1.29 is 9.53 Å². The molecule has 0 bridgehead atoms. The lowest BCUT2D eigenvalue weighted by Gasteiger charge is -2.31. The maximum atomic E-state index is 12.4. The largest absolute Gasteiger partial charge is 0.444 e. The molecule has 1 aliphatic rings. The van der Waals surface area contributed by atoms with Gasteiger partial charge in [0.25, 0.3) is 0 Å². The number of carbonyl (C=O) groups is 1. The van der Waals surface area contributed by atoms with E-state index in [1.807, 2.05) is 31.7 Å². The lowest BCUT2D eigenvalue weighted by molar-refractivity contribution is 0.0154. The third-order valence-corrected chi connectivity index (χ3v) is 4.22. The second-order valence-corrected chi connectivity index (χ2v) is 7.42. The first-order valence-electron chi connectivity index (χ1n) is 8.63. The van der Waals surface area contributed by atoms with E-state index in [2.05, 4.69) is 36.5 Å². The third kappa shape index (κ3) is 5.54. The van der Waals surface area contributed by atoms with Crippen LogP contribution in [0, 0.1) is 0 Å². The van der Waals surface area contributed by atoms with Crippen molar-refractivity contribution in [3.05, 3.63) is 35.9 Å². The first kappa shape index (κ1) is 17.8. The molecule has 1 saturated heterocycles. The molecule has 23 heavy (non-hydrogen) atoms. The second kappa shape index (κ2) is 7.82. The minimum atomic E-state index is -0.435. The molecule has 1 aromatic carbocycles. The summed E-state index contributed by atoms with van der Waals surface area (Å²) in [6, 6.07) is 10.9. The molecule has 0 saturated carbocycles. The summed E-state index contributed by atoms with van der Waals surface area (Å²) in [6.07, 6.45) is 2.92. The SMILES string of the molecule is CC1CCC(CCNCc2ccccc2)N1C(=O)OC(C)(C)C. The number of amides is 1. The highest BCUT2D eigenvalue weighted by molar-refractivity contribution is 5.69. The lowest BCUT2D eigenvalue weighted by Crippen LogP contribution is -2.44. The third-order valence-electron chi connectivity index (χ3n) is 4.22. The van der Waals surface area contributed by atoms with Crippen LogP contribution in [0.25, 0.3) is 0 Å². The number of hydrogen-bond acceptors (Lipinski definition) is 3. The molecule has 128 valence electrons. The molecular weight excluding hydrogens is 288 g/mol. The zero-order chi connectivity index (χ0) is 16.9. The zero-order valence-electron chi connectivity index (χ0n) is 14.8. The second-order valence-electron chi connectivity index (χ2n) is 7.42. The van der Waals surface area contributed by atoms with Crippen molar-refractivity contribution in [2.75, 3.05) is 6.54 Å². The molecule has 1 heterocycles. The predicted octanol–water partition coefficient (Wildman–Crippen LogP) is 3.95. The Balaban J connectivity index is 1.80. The number of nitrogens with one attached hydrogen (secondary N) is 1. The van der Waals surface area contributed by atoms with Crippen molar-refractivity contribution in [1.82, 2.24) is 10.2 Å². The number of carbonyl (C=O) groups excluding carboxylic acids is 1. The Kier molecular flexibility index (Phi) is 6.05. The number of ether oxygens (including phenoxy) is 1. The zero-order valence-corrected chi connectivity index (χ0v) is 14.8. The van der Waals surface area contributed by atoms with E-state index in [1.165, 1.54) is 5.56 Å². The average Bonchev–Trinajstić information content (AvgIpc) is 2.84. The lowest BCUT2D eigenvalue weighted by atomic mass is 10.1. The molecule has 2 rings (SSSR count). The van der Waals surface area contributed by atoms with Crippen molar-refractivity contribution >= 4 is 6.09 Å². The van der Waals surface area contributed by atoms with Crippen LogP contribution in [0.1, 0.15) is 52.5 Å². The predicted molar refractivity (Wildman–Crippen MR) is 93.3 cm³/mol. The Hall–Kier alpha value is -1.55. The molecule has 0 spiro atoms. The number of nitrogens with zero attached hydrogens (tertiary/aromatic N) is 1.